The second-order valence-corrected chi connectivity index (χ2v) is 8.45. The molecule has 2 amide bonds. The maximum atomic E-state index is 12.8. The molecule has 3 rings (SSSR count). The summed E-state index contributed by atoms with van der Waals surface area (Å²) in [6.45, 7) is 10.6. The van der Waals surface area contributed by atoms with Crippen molar-refractivity contribution in [1.82, 2.24) is 20.2 Å². The maximum absolute atomic E-state index is 12.8. The molecule has 2 atom stereocenters. The summed E-state index contributed by atoms with van der Waals surface area (Å²) < 4.78 is 0. The molecule has 6 heteroatoms. The molecule has 0 radical (unpaired) electrons. The molecule has 1 aromatic carbocycles. The van der Waals surface area contributed by atoms with Crippen molar-refractivity contribution in [1.29, 1.82) is 0 Å². The van der Waals surface area contributed by atoms with E-state index in [4.69, 9.17) is 0 Å². The number of nitrogens with zero attached hydrogens (tertiary/aromatic N) is 2. The minimum Gasteiger partial charge on any atom is -0.346 e. The number of H-pyrrole nitrogens is 1. The Morgan fingerprint density at radius 2 is 2.00 bits per heavy atom. The Labute approximate surface area is 154 Å². The van der Waals surface area contributed by atoms with Crippen molar-refractivity contribution in [2.45, 2.75) is 52.6 Å². The van der Waals surface area contributed by atoms with Crippen LogP contribution in [-0.4, -0.2) is 38.8 Å². The zero-order valence-electron chi connectivity index (χ0n) is 16.2. The van der Waals surface area contributed by atoms with E-state index in [2.05, 4.69) is 29.1 Å². The third kappa shape index (κ3) is 3.59. The number of benzene rings is 1. The first-order valence-corrected chi connectivity index (χ1v) is 9.22. The highest BCUT2D eigenvalue weighted by atomic mass is 16.2. The van der Waals surface area contributed by atoms with Crippen molar-refractivity contribution in [2.24, 2.45) is 11.8 Å². The quantitative estimate of drug-likeness (QED) is 0.884. The average Bonchev–Trinajstić information content (AvgIpc) is 3.14. The molecule has 0 bridgehead atoms. The molecule has 2 unspecified atom stereocenters. The minimum absolute atomic E-state index is 0.0440. The van der Waals surface area contributed by atoms with Crippen LogP contribution in [0.15, 0.2) is 24.3 Å². The van der Waals surface area contributed by atoms with Crippen molar-refractivity contribution in [3.05, 3.63) is 30.1 Å². The van der Waals surface area contributed by atoms with Gasteiger partial charge >= 0.3 is 0 Å². The number of nitrogens with one attached hydrogen (secondary N) is 2. The fourth-order valence-corrected chi connectivity index (χ4v) is 3.47. The molecule has 1 saturated heterocycles. The Morgan fingerprint density at radius 3 is 2.58 bits per heavy atom. The van der Waals surface area contributed by atoms with Gasteiger partial charge in [-0.3, -0.25) is 9.59 Å². The van der Waals surface area contributed by atoms with Gasteiger partial charge in [0.15, 0.2) is 0 Å². The Morgan fingerprint density at radius 1 is 1.31 bits per heavy atom. The summed E-state index contributed by atoms with van der Waals surface area (Å²) in [5.74, 6) is 0.584. The lowest BCUT2D eigenvalue weighted by Gasteiger charge is -2.32. The SMILES string of the molecule is CC(C)C(NC(=O)C1CC(=O)N(C(C)(C)C)C1)c1nc2ccccc2[nH]1. The molecule has 2 N–H and O–H groups in total. The third-order valence-electron chi connectivity index (χ3n) is 4.97. The molecule has 2 aromatic rings. The highest BCUT2D eigenvalue weighted by Crippen LogP contribution is 2.28. The Bertz CT molecular complexity index is 786. The number of hydrogen-bond acceptors (Lipinski definition) is 3. The van der Waals surface area contributed by atoms with Crippen molar-refractivity contribution >= 4 is 22.8 Å². The number of likely N-dealkylation sites (tertiary alicyclic amines) is 1. The van der Waals surface area contributed by atoms with Crippen LogP contribution in [0.1, 0.15) is 52.9 Å². The van der Waals surface area contributed by atoms with Gasteiger partial charge in [0.1, 0.15) is 5.82 Å². The van der Waals surface area contributed by atoms with Crippen LogP contribution in [0.25, 0.3) is 11.0 Å². The van der Waals surface area contributed by atoms with Crippen molar-refractivity contribution < 1.29 is 9.59 Å². The molecule has 6 nitrogen and oxygen atoms in total. The molecule has 0 saturated carbocycles. The van der Waals surface area contributed by atoms with E-state index in [1.807, 2.05) is 45.0 Å². The number of hydrogen-bond donors (Lipinski definition) is 2. The first kappa shape index (κ1) is 18.4. The van der Waals surface area contributed by atoms with Gasteiger partial charge in [0, 0.05) is 18.5 Å². The molecule has 1 aliphatic rings. The van der Waals surface area contributed by atoms with E-state index in [9.17, 15) is 9.59 Å². The lowest BCUT2D eigenvalue weighted by atomic mass is 10.0. The fraction of sp³-hybridized carbons (Fsp3) is 0.550. The summed E-state index contributed by atoms with van der Waals surface area (Å²) in [5.41, 5.74) is 1.58. The highest BCUT2D eigenvalue weighted by molar-refractivity contribution is 5.89. The summed E-state index contributed by atoms with van der Waals surface area (Å²) in [5, 5.41) is 3.12. The number of aromatic nitrogens is 2. The number of para-hydroxylation sites is 2. The minimum atomic E-state index is -0.313. The van der Waals surface area contributed by atoms with Gasteiger partial charge in [-0.15, -0.1) is 0 Å². The van der Waals surface area contributed by atoms with Crippen molar-refractivity contribution in [3.8, 4) is 0 Å². The number of aromatic amines is 1. The summed E-state index contributed by atoms with van der Waals surface area (Å²) in [7, 11) is 0. The first-order chi connectivity index (χ1) is 12.2. The van der Waals surface area contributed by atoms with E-state index >= 15 is 0 Å². The molecule has 1 aliphatic heterocycles. The largest absolute Gasteiger partial charge is 0.346 e. The van der Waals surface area contributed by atoms with Gasteiger partial charge in [-0.05, 0) is 38.8 Å². The molecule has 1 aromatic heterocycles. The van der Waals surface area contributed by atoms with Crippen LogP contribution in [-0.2, 0) is 9.59 Å². The topological polar surface area (TPSA) is 78.1 Å². The number of amides is 2. The standard InChI is InChI=1S/C20H28N4O2/c1-12(2)17(18-21-14-8-6-7-9-15(14)22-18)23-19(26)13-10-16(25)24(11-13)20(3,4)5/h6-9,12-13,17H,10-11H2,1-5H3,(H,21,22)(H,23,26). The first-order valence-electron chi connectivity index (χ1n) is 9.22. The smallest absolute Gasteiger partial charge is 0.226 e. The molecule has 140 valence electrons. The van der Waals surface area contributed by atoms with Gasteiger partial charge in [-0.2, -0.15) is 0 Å². The highest BCUT2D eigenvalue weighted by Gasteiger charge is 2.40. The van der Waals surface area contributed by atoms with E-state index in [0.717, 1.165) is 16.9 Å². The van der Waals surface area contributed by atoms with Crippen LogP contribution in [0.4, 0.5) is 0 Å². The Kier molecular flexibility index (Phi) is 4.78. The molecule has 1 fully saturated rings. The van der Waals surface area contributed by atoms with Gasteiger partial charge in [0.2, 0.25) is 11.8 Å². The number of carbonyl (C=O) groups is 2. The fourth-order valence-electron chi connectivity index (χ4n) is 3.47. The van der Waals surface area contributed by atoms with E-state index in [1.165, 1.54) is 0 Å². The molecule has 0 aliphatic carbocycles. The average molecular weight is 356 g/mol. The zero-order chi connectivity index (χ0) is 19.1. The van der Waals surface area contributed by atoms with Gasteiger partial charge in [0.05, 0.1) is 23.0 Å². The zero-order valence-corrected chi connectivity index (χ0v) is 16.2. The van der Waals surface area contributed by atoms with Crippen molar-refractivity contribution in [2.75, 3.05) is 6.54 Å². The van der Waals surface area contributed by atoms with E-state index in [1.54, 1.807) is 4.90 Å². The van der Waals surface area contributed by atoms with Gasteiger partial charge in [0.25, 0.3) is 0 Å². The second kappa shape index (κ2) is 6.74. The van der Waals surface area contributed by atoms with Gasteiger partial charge in [-0.1, -0.05) is 26.0 Å². The van der Waals surface area contributed by atoms with Crippen LogP contribution >= 0.6 is 0 Å². The summed E-state index contributed by atoms with van der Waals surface area (Å²) in [4.78, 5) is 34.8. The normalized spacial score (nSPS) is 19.4. The van der Waals surface area contributed by atoms with E-state index in [-0.39, 0.29) is 41.7 Å². The van der Waals surface area contributed by atoms with Gasteiger partial charge < -0.3 is 15.2 Å². The lowest BCUT2D eigenvalue weighted by Crippen LogP contribution is -2.43. The maximum Gasteiger partial charge on any atom is 0.226 e. The summed E-state index contributed by atoms with van der Waals surface area (Å²) in [6, 6.07) is 7.61. The second-order valence-electron chi connectivity index (χ2n) is 8.45. The predicted molar refractivity (Wildman–Crippen MR) is 101 cm³/mol. The van der Waals surface area contributed by atoms with Crippen molar-refractivity contribution in [3.63, 3.8) is 0 Å². The van der Waals surface area contributed by atoms with Crippen LogP contribution in [0.3, 0.4) is 0 Å². The van der Waals surface area contributed by atoms with E-state index < -0.39 is 0 Å². The molecule has 26 heavy (non-hydrogen) atoms. The summed E-state index contributed by atoms with van der Waals surface area (Å²) in [6.07, 6.45) is 0.272. The molecular formula is C20H28N4O2. The number of fused-ring (bicyclic) bond motifs is 1. The van der Waals surface area contributed by atoms with E-state index in [0.29, 0.717) is 6.54 Å². The van der Waals surface area contributed by atoms with Crippen LogP contribution in [0, 0.1) is 11.8 Å². The summed E-state index contributed by atoms with van der Waals surface area (Å²) >= 11 is 0. The Hall–Kier alpha value is -2.37. The monoisotopic (exact) mass is 356 g/mol. The Balaban J connectivity index is 1.76. The third-order valence-corrected chi connectivity index (χ3v) is 4.97. The number of imidazole rings is 1. The predicted octanol–water partition coefficient (Wildman–Crippen LogP) is 3.02. The van der Waals surface area contributed by atoms with Crippen LogP contribution in [0.2, 0.25) is 0 Å². The molecule has 2 heterocycles. The van der Waals surface area contributed by atoms with Gasteiger partial charge in [-0.25, -0.2) is 4.98 Å². The van der Waals surface area contributed by atoms with Crippen LogP contribution in [0.5, 0.6) is 0 Å². The van der Waals surface area contributed by atoms with Crippen LogP contribution < -0.4 is 5.32 Å². The number of carbonyl (C=O) groups excluding carboxylic acids is 2. The molecular weight excluding hydrogens is 328 g/mol. The lowest BCUT2D eigenvalue weighted by molar-refractivity contribution is -0.132. The number of rotatable bonds is 4. The molecule has 0 spiro atoms.